The zero-order valence-electron chi connectivity index (χ0n) is 17.0. The number of amides is 1. The van der Waals surface area contributed by atoms with Crippen molar-refractivity contribution in [2.24, 2.45) is 0 Å². The van der Waals surface area contributed by atoms with Crippen molar-refractivity contribution in [2.45, 2.75) is 38.6 Å². The third kappa shape index (κ3) is 3.10. The fourth-order valence-corrected chi connectivity index (χ4v) is 3.92. The van der Waals surface area contributed by atoms with Crippen molar-refractivity contribution in [3.05, 3.63) is 59.6 Å². The average molecular weight is 423 g/mol. The molecule has 2 atom stereocenters. The minimum absolute atomic E-state index is 0.0140. The van der Waals surface area contributed by atoms with Crippen LogP contribution in [0.15, 0.2) is 35.1 Å². The van der Waals surface area contributed by atoms with Crippen molar-refractivity contribution in [1.29, 1.82) is 0 Å². The summed E-state index contributed by atoms with van der Waals surface area (Å²) in [5.41, 5.74) is 3.15. The van der Waals surface area contributed by atoms with E-state index in [4.69, 9.17) is 9.52 Å². The molecule has 1 amide bonds. The van der Waals surface area contributed by atoms with Gasteiger partial charge in [0.15, 0.2) is 0 Å². The number of nitrogens with one attached hydrogen (secondary N) is 1. The summed E-state index contributed by atoms with van der Waals surface area (Å²) in [7, 11) is 2.66. The summed E-state index contributed by atoms with van der Waals surface area (Å²) in [5, 5.41) is 13.8. The number of rotatable bonds is 2. The fourth-order valence-electron chi connectivity index (χ4n) is 3.69. The van der Waals surface area contributed by atoms with E-state index in [1.165, 1.54) is 0 Å². The first-order valence-corrected chi connectivity index (χ1v) is 10.3. The van der Waals surface area contributed by atoms with Crippen LogP contribution in [0.3, 0.4) is 0 Å². The van der Waals surface area contributed by atoms with Crippen molar-refractivity contribution < 1.29 is 9.21 Å². The second-order valence-corrected chi connectivity index (χ2v) is 9.15. The first-order valence-electron chi connectivity index (χ1n) is 9.73. The first-order chi connectivity index (χ1) is 14.3. The molecule has 10 heteroatoms. The third-order valence-corrected chi connectivity index (χ3v) is 5.56. The Balaban J connectivity index is 1.58. The average Bonchev–Trinajstić information content (AvgIpc) is 3.43. The lowest BCUT2D eigenvalue weighted by Gasteiger charge is -2.32. The maximum Gasteiger partial charge on any atom is 0.312 e. The van der Waals surface area contributed by atoms with E-state index in [-0.39, 0.29) is 17.2 Å². The lowest BCUT2D eigenvalue weighted by Crippen LogP contribution is -2.41. The molecule has 0 aliphatic carbocycles. The smallest absolute Gasteiger partial charge is 0.312 e. The summed E-state index contributed by atoms with van der Waals surface area (Å²) < 4.78 is 7.53. The second kappa shape index (κ2) is 6.74. The van der Waals surface area contributed by atoms with Gasteiger partial charge in [-0.2, -0.15) is 5.10 Å². The Morgan fingerprint density at radius 3 is 2.90 bits per heavy atom. The number of fused-ring (bicyclic) bond motifs is 2. The Labute approximate surface area is 175 Å². The van der Waals surface area contributed by atoms with Gasteiger partial charge in [0.2, 0.25) is 5.89 Å². The summed E-state index contributed by atoms with van der Waals surface area (Å²) in [6.07, 6.45) is 4.26. The Morgan fingerprint density at radius 1 is 1.30 bits per heavy atom. The van der Waals surface area contributed by atoms with E-state index in [0.717, 1.165) is 27.9 Å². The molecule has 0 bridgehead atoms. The van der Waals surface area contributed by atoms with E-state index in [0.29, 0.717) is 18.9 Å². The van der Waals surface area contributed by atoms with Crippen molar-refractivity contribution >= 4 is 26.0 Å². The van der Waals surface area contributed by atoms with E-state index in [2.05, 4.69) is 29.4 Å². The van der Waals surface area contributed by atoms with Crippen molar-refractivity contribution in [2.75, 3.05) is 6.54 Å². The number of pyridine rings is 1. The van der Waals surface area contributed by atoms with Gasteiger partial charge in [-0.05, 0) is 17.4 Å². The Bertz CT molecular complexity index is 1250. The molecule has 0 spiro atoms. The summed E-state index contributed by atoms with van der Waals surface area (Å²) in [5.74, 6) is 0.0981. The van der Waals surface area contributed by atoms with Gasteiger partial charge in [-0.15, -0.1) is 19.4 Å². The minimum Gasteiger partial charge on any atom is -0.416 e. The summed E-state index contributed by atoms with van der Waals surface area (Å²) in [4.78, 5) is 22.8. The van der Waals surface area contributed by atoms with Gasteiger partial charge in [0.25, 0.3) is 0 Å². The van der Waals surface area contributed by atoms with Gasteiger partial charge in [-0.1, -0.05) is 26.8 Å². The standard InChI is InChI=1S/C20H22N7O2P/c1-20(2,3)19-24-23-17(29-19)18(28)26-7-6-13-15(22-10-21-13)16(26)14-8-11-4-5-12(30)9-27(11)25-14/h4-5,8-10,16H,6-7,30H2,1-3H3,(H,21,22)/t16-/m1/s1. The van der Waals surface area contributed by atoms with Crippen LogP contribution in [0.4, 0.5) is 0 Å². The molecule has 4 aromatic heterocycles. The fraction of sp³-hybridized carbons (Fsp3) is 0.350. The number of nitrogens with zero attached hydrogens (tertiary/aromatic N) is 6. The minimum atomic E-state index is -0.439. The lowest BCUT2D eigenvalue weighted by atomic mass is 9.97. The maximum absolute atomic E-state index is 13.4. The predicted molar refractivity (Wildman–Crippen MR) is 113 cm³/mol. The number of H-pyrrole nitrogens is 1. The summed E-state index contributed by atoms with van der Waals surface area (Å²) >= 11 is 0. The van der Waals surface area contributed by atoms with E-state index < -0.39 is 6.04 Å². The normalized spacial score (nSPS) is 16.8. The zero-order valence-corrected chi connectivity index (χ0v) is 18.1. The van der Waals surface area contributed by atoms with Crippen LogP contribution < -0.4 is 5.30 Å². The predicted octanol–water partition coefficient (Wildman–Crippen LogP) is 2.03. The number of aromatic amines is 1. The van der Waals surface area contributed by atoms with E-state index in [9.17, 15) is 4.79 Å². The van der Waals surface area contributed by atoms with Crippen molar-refractivity contribution in [3.8, 4) is 0 Å². The number of carbonyl (C=O) groups is 1. The van der Waals surface area contributed by atoms with Crippen LogP contribution in [0.5, 0.6) is 0 Å². The lowest BCUT2D eigenvalue weighted by molar-refractivity contribution is 0.0642. The zero-order chi connectivity index (χ0) is 21.0. The molecule has 154 valence electrons. The van der Waals surface area contributed by atoms with Crippen LogP contribution in [0.1, 0.15) is 60.5 Å². The maximum atomic E-state index is 13.4. The molecule has 30 heavy (non-hydrogen) atoms. The molecule has 1 aliphatic heterocycles. The first kappa shape index (κ1) is 18.9. The van der Waals surface area contributed by atoms with Crippen LogP contribution in [0.25, 0.3) is 5.52 Å². The summed E-state index contributed by atoms with van der Waals surface area (Å²) in [6, 6.07) is 5.53. The molecular weight excluding hydrogens is 401 g/mol. The highest BCUT2D eigenvalue weighted by Gasteiger charge is 2.38. The van der Waals surface area contributed by atoms with Crippen molar-refractivity contribution in [1.82, 2.24) is 34.7 Å². The molecule has 0 saturated carbocycles. The van der Waals surface area contributed by atoms with Gasteiger partial charge >= 0.3 is 11.8 Å². The highest BCUT2D eigenvalue weighted by atomic mass is 31.0. The third-order valence-electron chi connectivity index (χ3n) is 5.22. The Kier molecular flexibility index (Phi) is 4.25. The van der Waals surface area contributed by atoms with E-state index >= 15 is 0 Å². The molecule has 9 nitrogen and oxygen atoms in total. The number of carbonyl (C=O) groups excluding carboxylic acids is 1. The van der Waals surface area contributed by atoms with Gasteiger partial charge in [0.05, 0.1) is 23.2 Å². The quantitative estimate of drug-likeness (QED) is 0.495. The van der Waals surface area contributed by atoms with Gasteiger partial charge in [0, 0.05) is 30.3 Å². The van der Waals surface area contributed by atoms with Crippen molar-refractivity contribution in [3.63, 3.8) is 0 Å². The number of hydrogen-bond donors (Lipinski definition) is 1. The highest BCUT2D eigenvalue weighted by molar-refractivity contribution is 7.27. The molecular formula is C20H22N7O2P. The van der Waals surface area contributed by atoms with Gasteiger partial charge in [0.1, 0.15) is 6.04 Å². The van der Waals surface area contributed by atoms with Gasteiger partial charge in [-0.3, -0.25) is 4.79 Å². The number of imidazole rings is 1. The molecule has 1 N–H and O–H groups in total. The Hall–Kier alpha value is -3.06. The van der Waals surface area contributed by atoms with Crippen LogP contribution in [-0.2, 0) is 11.8 Å². The molecule has 4 aromatic rings. The molecule has 0 aromatic carbocycles. The largest absolute Gasteiger partial charge is 0.416 e. The van der Waals surface area contributed by atoms with Crippen LogP contribution in [0.2, 0.25) is 0 Å². The van der Waals surface area contributed by atoms with Crippen LogP contribution in [-0.4, -0.2) is 47.1 Å². The highest BCUT2D eigenvalue weighted by Crippen LogP contribution is 2.34. The molecule has 0 fully saturated rings. The molecule has 1 unspecified atom stereocenters. The van der Waals surface area contributed by atoms with E-state index in [1.807, 2.05) is 49.7 Å². The molecule has 1 aliphatic rings. The molecule has 0 radical (unpaired) electrons. The molecule has 5 rings (SSSR count). The van der Waals surface area contributed by atoms with Gasteiger partial charge < -0.3 is 14.3 Å². The molecule has 0 saturated heterocycles. The molecule has 5 heterocycles. The van der Waals surface area contributed by atoms with Gasteiger partial charge in [-0.25, -0.2) is 9.50 Å². The van der Waals surface area contributed by atoms with E-state index in [1.54, 1.807) is 11.2 Å². The number of aromatic nitrogens is 6. The van der Waals surface area contributed by atoms with Crippen LogP contribution >= 0.6 is 9.24 Å². The Morgan fingerprint density at radius 2 is 2.13 bits per heavy atom. The monoisotopic (exact) mass is 423 g/mol. The topological polar surface area (TPSA) is 105 Å². The number of hydrogen-bond acceptors (Lipinski definition) is 6. The van der Waals surface area contributed by atoms with Crippen LogP contribution in [0, 0.1) is 0 Å². The summed E-state index contributed by atoms with van der Waals surface area (Å²) in [6.45, 7) is 6.39. The SMILES string of the molecule is CC(C)(C)c1nnc(C(=O)N2CCc3[nH]cnc3[C@H]2c2cc3ccc(P)cn3n2)o1. The second-order valence-electron chi connectivity index (χ2n) is 8.48.